The van der Waals surface area contributed by atoms with Gasteiger partial charge in [0, 0.05) is 7.05 Å². The average molecular weight is 179 g/mol. The summed E-state index contributed by atoms with van der Waals surface area (Å²) in [6, 6.07) is 0.426. The van der Waals surface area contributed by atoms with Gasteiger partial charge in [0.15, 0.2) is 0 Å². The molecule has 0 aromatic heterocycles. The van der Waals surface area contributed by atoms with Crippen molar-refractivity contribution in [2.45, 2.75) is 19.9 Å². The molecule has 1 atom stereocenters. The van der Waals surface area contributed by atoms with Crippen LogP contribution in [0.2, 0.25) is 0 Å². The smallest absolute Gasteiger partial charge is 0.138 e. The fourth-order valence-corrected chi connectivity index (χ4v) is 1.35. The predicted molar refractivity (Wildman–Crippen MR) is 55.2 cm³/mol. The van der Waals surface area contributed by atoms with Crippen LogP contribution in [0.25, 0.3) is 0 Å². The van der Waals surface area contributed by atoms with Gasteiger partial charge in [0.05, 0.1) is 11.7 Å². The summed E-state index contributed by atoms with van der Waals surface area (Å²) in [4.78, 5) is 2.21. The summed E-state index contributed by atoms with van der Waals surface area (Å²) in [6.45, 7) is 8.58. The van der Waals surface area contributed by atoms with Crippen molar-refractivity contribution in [3.8, 4) is 0 Å². The van der Waals surface area contributed by atoms with Crippen molar-refractivity contribution in [3.05, 3.63) is 36.3 Å². The minimum Gasteiger partial charge on any atom is -0.490 e. The van der Waals surface area contributed by atoms with Crippen LogP contribution in [-0.4, -0.2) is 24.6 Å². The van der Waals surface area contributed by atoms with E-state index >= 15 is 0 Å². The maximum Gasteiger partial charge on any atom is 0.138 e. The van der Waals surface area contributed by atoms with Gasteiger partial charge in [0.1, 0.15) is 12.4 Å². The summed E-state index contributed by atoms with van der Waals surface area (Å²) >= 11 is 0. The number of likely N-dealkylation sites (N-methyl/N-ethyl adjacent to an activating group) is 1. The summed E-state index contributed by atoms with van der Waals surface area (Å²) in [5, 5.41) is 0. The highest BCUT2D eigenvalue weighted by Gasteiger charge is 2.22. The standard InChI is InChI=1S/C11H17NO/c1-5-7-10-11(6-2)13-8-9(3)12(10)4/h5-7,9H,1,8H2,2-4H3/b10-7+,11-6+. The number of morpholine rings is 1. The van der Waals surface area contributed by atoms with Crippen molar-refractivity contribution in [2.75, 3.05) is 13.7 Å². The Hall–Kier alpha value is -1.18. The Balaban J connectivity index is 2.94. The van der Waals surface area contributed by atoms with Gasteiger partial charge in [-0.25, -0.2) is 0 Å². The third-order valence-electron chi connectivity index (χ3n) is 2.31. The first-order valence-electron chi connectivity index (χ1n) is 4.55. The zero-order valence-electron chi connectivity index (χ0n) is 8.58. The van der Waals surface area contributed by atoms with Crippen LogP contribution in [0.5, 0.6) is 0 Å². The van der Waals surface area contributed by atoms with Crippen LogP contribution >= 0.6 is 0 Å². The molecule has 0 N–H and O–H groups in total. The minimum absolute atomic E-state index is 0.426. The van der Waals surface area contributed by atoms with Crippen molar-refractivity contribution in [1.29, 1.82) is 0 Å². The van der Waals surface area contributed by atoms with E-state index in [9.17, 15) is 0 Å². The highest BCUT2D eigenvalue weighted by Crippen LogP contribution is 2.23. The SMILES string of the molecule is C=C/C=C1\C(=C/C)OCC(C)N1C. The zero-order chi connectivity index (χ0) is 9.84. The lowest BCUT2D eigenvalue weighted by molar-refractivity contribution is 0.0968. The number of nitrogens with zero attached hydrogens (tertiary/aromatic N) is 1. The molecule has 0 aromatic carbocycles. The van der Waals surface area contributed by atoms with Crippen molar-refractivity contribution in [1.82, 2.24) is 4.90 Å². The monoisotopic (exact) mass is 179 g/mol. The summed E-state index contributed by atoms with van der Waals surface area (Å²) in [6.07, 6.45) is 5.75. The van der Waals surface area contributed by atoms with E-state index in [1.807, 2.05) is 19.1 Å². The van der Waals surface area contributed by atoms with Crippen molar-refractivity contribution < 1.29 is 4.74 Å². The van der Waals surface area contributed by atoms with E-state index in [2.05, 4.69) is 25.5 Å². The first-order valence-corrected chi connectivity index (χ1v) is 4.55. The Bertz CT molecular complexity index is 253. The van der Waals surface area contributed by atoms with E-state index in [1.54, 1.807) is 6.08 Å². The molecule has 1 rings (SSSR count). The molecule has 0 bridgehead atoms. The molecular formula is C11H17NO. The summed E-state index contributed by atoms with van der Waals surface area (Å²) in [5.74, 6) is 0.945. The van der Waals surface area contributed by atoms with E-state index in [-0.39, 0.29) is 0 Å². The van der Waals surface area contributed by atoms with Gasteiger partial charge in [-0.2, -0.15) is 0 Å². The number of allylic oxidation sites excluding steroid dienone is 3. The van der Waals surface area contributed by atoms with Gasteiger partial charge in [0.2, 0.25) is 0 Å². The van der Waals surface area contributed by atoms with E-state index < -0.39 is 0 Å². The summed E-state index contributed by atoms with van der Waals surface area (Å²) in [5.41, 5.74) is 1.11. The lowest BCUT2D eigenvalue weighted by atomic mass is 10.2. The van der Waals surface area contributed by atoms with Crippen LogP contribution in [0.15, 0.2) is 36.3 Å². The van der Waals surface area contributed by atoms with Gasteiger partial charge < -0.3 is 9.64 Å². The Labute approximate surface area is 80.2 Å². The van der Waals surface area contributed by atoms with E-state index in [0.29, 0.717) is 6.04 Å². The number of hydrogen-bond donors (Lipinski definition) is 0. The van der Waals surface area contributed by atoms with Crippen LogP contribution < -0.4 is 0 Å². The molecule has 0 spiro atoms. The molecule has 13 heavy (non-hydrogen) atoms. The van der Waals surface area contributed by atoms with Gasteiger partial charge in [-0.1, -0.05) is 12.7 Å². The highest BCUT2D eigenvalue weighted by molar-refractivity contribution is 5.29. The molecular weight excluding hydrogens is 162 g/mol. The van der Waals surface area contributed by atoms with Crippen LogP contribution in [0.4, 0.5) is 0 Å². The second kappa shape index (κ2) is 4.17. The molecule has 1 fully saturated rings. The van der Waals surface area contributed by atoms with Gasteiger partial charge >= 0.3 is 0 Å². The lowest BCUT2D eigenvalue weighted by Gasteiger charge is -2.35. The van der Waals surface area contributed by atoms with Crippen LogP contribution in [-0.2, 0) is 4.74 Å². The molecule has 1 aliphatic rings. The van der Waals surface area contributed by atoms with Crippen molar-refractivity contribution >= 4 is 0 Å². The Kier molecular flexibility index (Phi) is 3.18. The molecule has 0 aromatic rings. The fraction of sp³-hybridized carbons (Fsp3) is 0.455. The Morgan fingerprint density at radius 3 is 2.85 bits per heavy atom. The van der Waals surface area contributed by atoms with Gasteiger partial charge in [0.25, 0.3) is 0 Å². The molecule has 2 nitrogen and oxygen atoms in total. The number of rotatable bonds is 1. The van der Waals surface area contributed by atoms with Crippen LogP contribution in [0, 0.1) is 0 Å². The summed E-state index contributed by atoms with van der Waals surface area (Å²) < 4.78 is 5.58. The molecule has 1 heterocycles. The van der Waals surface area contributed by atoms with Crippen molar-refractivity contribution in [2.24, 2.45) is 0 Å². The third-order valence-corrected chi connectivity index (χ3v) is 2.31. The Morgan fingerprint density at radius 1 is 1.62 bits per heavy atom. The first kappa shape index (κ1) is 9.90. The van der Waals surface area contributed by atoms with Crippen molar-refractivity contribution in [3.63, 3.8) is 0 Å². The van der Waals surface area contributed by atoms with E-state index in [4.69, 9.17) is 4.74 Å². The average Bonchev–Trinajstić information content (AvgIpc) is 2.14. The summed E-state index contributed by atoms with van der Waals surface area (Å²) in [7, 11) is 2.08. The third kappa shape index (κ3) is 1.94. The zero-order valence-corrected chi connectivity index (χ0v) is 8.58. The van der Waals surface area contributed by atoms with Gasteiger partial charge in [-0.3, -0.25) is 0 Å². The highest BCUT2D eigenvalue weighted by atomic mass is 16.5. The molecule has 1 unspecified atom stereocenters. The van der Waals surface area contributed by atoms with E-state index in [0.717, 1.165) is 18.1 Å². The van der Waals surface area contributed by atoms with E-state index in [1.165, 1.54) is 0 Å². The minimum atomic E-state index is 0.426. The second-order valence-electron chi connectivity index (χ2n) is 3.21. The molecule has 0 aliphatic carbocycles. The second-order valence-corrected chi connectivity index (χ2v) is 3.21. The van der Waals surface area contributed by atoms with Crippen LogP contribution in [0.1, 0.15) is 13.8 Å². The maximum atomic E-state index is 5.58. The molecule has 1 saturated heterocycles. The fourth-order valence-electron chi connectivity index (χ4n) is 1.35. The lowest BCUT2D eigenvalue weighted by Crippen LogP contribution is -2.37. The first-order chi connectivity index (χ1) is 6.20. The molecule has 72 valence electrons. The number of ether oxygens (including phenoxy) is 1. The molecule has 2 heteroatoms. The van der Waals surface area contributed by atoms with Gasteiger partial charge in [-0.05, 0) is 26.0 Å². The quantitative estimate of drug-likeness (QED) is 0.612. The van der Waals surface area contributed by atoms with Crippen LogP contribution in [0.3, 0.4) is 0 Å². The predicted octanol–water partition coefficient (Wildman–Crippen LogP) is 2.31. The molecule has 0 radical (unpaired) electrons. The molecule has 0 saturated carbocycles. The molecule has 0 amide bonds. The Morgan fingerprint density at radius 2 is 2.31 bits per heavy atom. The maximum absolute atomic E-state index is 5.58. The number of hydrogen-bond acceptors (Lipinski definition) is 2. The normalized spacial score (nSPS) is 29.2. The largest absolute Gasteiger partial charge is 0.490 e. The molecule has 1 aliphatic heterocycles. The van der Waals surface area contributed by atoms with Gasteiger partial charge in [-0.15, -0.1) is 0 Å². The topological polar surface area (TPSA) is 12.5 Å².